The molecule has 0 N–H and O–H groups in total. The largest absolute Gasteiger partial charge is 0.465 e. The molecule has 1 aromatic carbocycles. The van der Waals surface area contributed by atoms with Crippen LogP contribution in [0.15, 0.2) is 24.3 Å². The molecule has 1 saturated heterocycles. The monoisotopic (exact) mass is 362 g/mol. The predicted molar refractivity (Wildman–Crippen MR) is 95.6 cm³/mol. The molecule has 2 rings (SSSR count). The highest BCUT2D eigenvalue weighted by atomic mass is 16.6. The van der Waals surface area contributed by atoms with Gasteiger partial charge in [-0.15, -0.1) is 0 Å². The normalized spacial score (nSPS) is 15.5. The van der Waals surface area contributed by atoms with Crippen LogP contribution in [0.2, 0.25) is 0 Å². The fourth-order valence-corrected chi connectivity index (χ4v) is 2.63. The van der Waals surface area contributed by atoms with Crippen molar-refractivity contribution in [3.05, 3.63) is 35.4 Å². The topological polar surface area (TPSA) is 76.2 Å². The highest BCUT2D eigenvalue weighted by Gasteiger charge is 2.27. The lowest BCUT2D eigenvalue weighted by atomic mass is 10.1. The number of ether oxygens (including phenoxy) is 2. The lowest BCUT2D eigenvalue weighted by molar-refractivity contribution is -0.130. The molecule has 0 unspecified atom stereocenters. The number of nitrogens with zero attached hydrogens (tertiary/aromatic N) is 2. The summed E-state index contributed by atoms with van der Waals surface area (Å²) in [7, 11) is 1.34. The molecule has 1 aliphatic rings. The van der Waals surface area contributed by atoms with Gasteiger partial charge in [0.1, 0.15) is 5.60 Å². The third kappa shape index (κ3) is 5.47. The van der Waals surface area contributed by atoms with E-state index in [1.807, 2.05) is 20.8 Å². The molecule has 0 spiro atoms. The molecule has 1 heterocycles. The van der Waals surface area contributed by atoms with E-state index in [-0.39, 0.29) is 12.3 Å². The van der Waals surface area contributed by atoms with Gasteiger partial charge in [0.2, 0.25) is 5.91 Å². The van der Waals surface area contributed by atoms with Crippen LogP contribution in [-0.2, 0) is 20.8 Å². The standard InChI is InChI=1S/C19H26N2O5/c1-19(2,3)26-18(24)20-10-9-16(22)21(12-11-20)13-14-5-7-15(8-6-14)17(23)25-4/h5-8H,9-13H2,1-4H3. The van der Waals surface area contributed by atoms with Crippen LogP contribution in [0.3, 0.4) is 0 Å². The molecule has 1 aliphatic heterocycles. The van der Waals surface area contributed by atoms with Crippen molar-refractivity contribution in [1.29, 1.82) is 0 Å². The third-order valence-electron chi connectivity index (χ3n) is 3.99. The Labute approximate surface area is 153 Å². The highest BCUT2D eigenvalue weighted by molar-refractivity contribution is 5.89. The smallest absolute Gasteiger partial charge is 0.410 e. The zero-order valence-electron chi connectivity index (χ0n) is 15.8. The van der Waals surface area contributed by atoms with Crippen molar-refractivity contribution in [2.75, 3.05) is 26.7 Å². The molecule has 0 aromatic heterocycles. The predicted octanol–water partition coefficient (Wildman–Crippen LogP) is 2.44. The van der Waals surface area contributed by atoms with Crippen LogP contribution in [0, 0.1) is 0 Å². The molecular formula is C19H26N2O5. The average molecular weight is 362 g/mol. The molecule has 0 bridgehead atoms. The molecule has 0 saturated carbocycles. The molecule has 0 aliphatic carbocycles. The molecular weight excluding hydrogens is 336 g/mol. The lowest BCUT2D eigenvalue weighted by Crippen LogP contribution is -2.39. The second-order valence-electron chi connectivity index (χ2n) is 7.22. The average Bonchev–Trinajstić information content (AvgIpc) is 2.76. The maximum Gasteiger partial charge on any atom is 0.410 e. The summed E-state index contributed by atoms with van der Waals surface area (Å²) in [5.74, 6) is -0.400. The van der Waals surface area contributed by atoms with Crippen molar-refractivity contribution in [1.82, 2.24) is 9.80 Å². The minimum Gasteiger partial charge on any atom is -0.465 e. The zero-order chi connectivity index (χ0) is 19.3. The van der Waals surface area contributed by atoms with Gasteiger partial charge in [0.25, 0.3) is 0 Å². The number of methoxy groups -OCH3 is 1. The van der Waals surface area contributed by atoms with Crippen LogP contribution in [0.1, 0.15) is 43.1 Å². The molecule has 7 heteroatoms. The number of benzene rings is 1. The Kier molecular flexibility index (Phi) is 6.23. The SMILES string of the molecule is COC(=O)c1ccc(CN2CCN(C(=O)OC(C)(C)C)CCC2=O)cc1. The van der Waals surface area contributed by atoms with Crippen molar-refractivity contribution in [2.24, 2.45) is 0 Å². The summed E-state index contributed by atoms with van der Waals surface area (Å²) in [6.45, 7) is 7.11. The Hall–Kier alpha value is -2.57. The second-order valence-corrected chi connectivity index (χ2v) is 7.22. The number of carbonyl (C=O) groups is 3. The van der Waals surface area contributed by atoms with Gasteiger partial charge >= 0.3 is 12.1 Å². The summed E-state index contributed by atoms with van der Waals surface area (Å²) < 4.78 is 10.1. The van der Waals surface area contributed by atoms with E-state index in [0.29, 0.717) is 31.7 Å². The van der Waals surface area contributed by atoms with Gasteiger partial charge in [0.05, 0.1) is 12.7 Å². The number of carbonyl (C=O) groups excluding carboxylic acids is 3. The summed E-state index contributed by atoms with van der Waals surface area (Å²) in [4.78, 5) is 39.3. The lowest BCUT2D eigenvalue weighted by Gasteiger charge is -2.26. The van der Waals surface area contributed by atoms with E-state index >= 15 is 0 Å². The van der Waals surface area contributed by atoms with E-state index in [0.717, 1.165) is 5.56 Å². The molecule has 7 nitrogen and oxygen atoms in total. The summed E-state index contributed by atoms with van der Waals surface area (Å²) >= 11 is 0. The van der Waals surface area contributed by atoms with E-state index in [2.05, 4.69) is 4.74 Å². The van der Waals surface area contributed by atoms with Crippen LogP contribution in [0.4, 0.5) is 4.79 Å². The summed E-state index contributed by atoms with van der Waals surface area (Å²) in [5, 5.41) is 0. The Bertz CT molecular complexity index is 664. The third-order valence-corrected chi connectivity index (χ3v) is 3.99. The van der Waals surface area contributed by atoms with E-state index < -0.39 is 17.7 Å². The minimum absolute atomic E-state index is 0.00639. The first-order valence-electron chi connectivity index (χ1n) is 8.62. The van der Waals surface area contributed by atoms with Gasteiger partial charge < -0.3 is 19.3 Å². The highest BCUT2D eigenvalue weighted by Crippen LogP contribution is 2.15. The van der Waals surface area contributed by atoms with Crippen molar-refractivity contribution < 1.29 is 23.9 Å². The fourth-order valence-electron chi connectivity index (χ4n) is 2.63. The molecule has 142 valence electrons. The van der Waals surface area contributed by atoms with Crippen LogP contribution in [0.25, 0.3) is 0 Å². The first kappa shape index (κ1) is 19.8. The number of rotatable bonds is 3. The van der Waals surface area contributed by atoms with Gasteiger partial charge in [-0.3, -0.25) is 4.79 Å². The van der Waals surface area contributed by atoms with Gasteiger partial charge in [0.15, 0.2) is 0 Å². The van der Waals surface area contributed by atoms with Gasteiger partial charge in [-0.25, -0.2) is 9.59 Å². The van der Waals surface area contributed by atoms with Crippen molar-refractivity contribution in [2.45, 2.75) is 39.3 Å². The molecule has 2 amide bonds. The van der Waals surface area contributed by atoms with E-state index in [4.69, 9.17) is 4.74 Å². The summed E-state index contributed by atoms with van der Waals surface area (Å²) in [6, 6.07) is 6.96. The van der Waals surface area contributed by atoms with Crippen molar-refractivity contribution >= 4 is 18.0 Å². The van der Waals surface area contributed by atoms with Crippen LogP contribution in [-0.4, -0.2) is 60.1 Å². The fraction of sp³-hybridized carbons (Fsp3) is 0.526. The van der Waals surface area contributed by atoms with Crippen LogP contribution < -0.4 is 0 Å². The van der Waals surface area contributed by atoms with Gasteiger partial charge in [0, 0.05) is 32.6 Å². The van der Waals surface area contributed by atoms with Crippen molar-refractivity contribution in [3.63, 3.8) is 0 Å². The van der Waals surface area contributed by atoms with Gasteiger partial charge in [-0.2, -0.15) is 0 Å². The maximum atomic E-state index is 12.4. The summed E-state index contributed by atoms with van der Waals surface area (Å²) in [5.41, 5.74) is 0.820. The number of hydrogen-bond acceptors (Lipinski definition) is 5. The van der Waals surface area contributed by atoms with Gasteiger partial charge in [-0.1, -0.05) is 12.1 Å². The first-order chi connectivity index (χ1) is 12.2. The summed E-state index contributed by atoms with van der Waals surface area (Å²) in [6.07, 6.45) is -0.131. The molecule has 1 fully saturated rings. The Morgan fingerprint density at radius 2 is 1.73 bits per heavy atom. The molecule has 1 aromatic rings. The van der Waals surface area contributed by atoms with Gasteiger partial charge in [-0.05, 0) is 38.5 Å². The molecule has 0 atom stereocenters. The van der Waals surface area contributed by atoms with Crippen LogP contribution in [0.5, 0.6) is 0 Å². The first-order valence-corrected chi connectivity index (χ1v) is 8.62. The Balaban J connectivity index is 1.97. The Morgan fingerprint density at radius 1 is 1.08 bits per heavy atom. The molecule has 0 radical (unpaired) electrons. The Morgan fingerprint density at radius 3 is 2.31 bits per heavy atom. The quantitative estimate of drug-likeness (QED) is 0.772. The number of amides is 2. The number of esters is 1. The van der Waals surface area contributed by atoms with Crippen molar-refractivity contribution in [3.8, 4) is 0 Å². The maximum absolute atomic E-state index is 12.4. The number of hydrogen-bond donors (Lipinski definition) is 0. The molecule has 26 heavy (non-hydrogen) atoms. The van der Waals surface area contributed by atoms with E-state index in [1.165, 1.54) is 7.11 Å². The van der Waals surface area contributed by atoms with E-state index in [9.17, 15) is 14.4 Å². The van der Waals surface area contributed by atoms with E-state index in [1.54, 1.807) is 34.1 Å². The second kappa shape index (κ2) is 8.21. The zero-order valence-corrected chi connectivity index (χ0v) is 15.8. The van der Waals surface area contributed by atoms with Crippen LogP contribution >= 0.6 is 0 Å². The minimum atomic E-state index is -0.561.